The first-order valence-corrected chi connectivity index (χ1v) is 8.56. The van der Waals surface area contributed by atoms with E-state index < -0.39 is 42.1 Å². The van der Waals surface area contributed by atoms with Gasteiger partial charge in [0.15, 0.2) is 0 Å². The van der Waals surface area contributed by atoms with E-state index in [4.69, 9.17) is 37.9 Å². The van der Waals surface area contributed by atoms with Crippen molar-refractivity contribution in [1.82, 2.24) is 0 Å². The van der Waals surface area contributed by atoms with Crippen LogP contribution in [0.5, 0.6) is 0 Å². The summed E-state index contributed by atoms with van der Waals surface area (Å²) in [6.07, 6.45) is 1.77. The molecule has 0 aliphatic carbocycles. The van der Waals surface area contributed by atoms with Gasteiger partial charge in [-0.25, -0.2) is 0 Å². The SMILES string of the molecule is CC(C)C[C@H](N)C(=O)O[C@H](C)[C@H](N)C(=O)O.NCCCC[C@H](N)C(=O)O. The van der Waals surface area contributed by atoms with Gasteiger partial charge in [-0.1, -0.05) is 20.3 Å². The highest BCUT2D eigenvalue weighted by atomic mass is 16.5. The van der Waals surface area contributed by atoms with E-state index in [9.17, 15) is 14.4 Å². The Labute approximate surface area is 154 Å². The van der Waals surface area contributed by atoms with Crippen molar-refractivity contribution in [2.75, 3.05) is 6.54 Å². The van der Waals surface area contributed by atoms with Gasteiger partial charge in [0.25, 0.3) is 0 Å². The third-order valence-electron chi connectivity index (χ3n) is 3.41. The van der Waals surface area contributed by atoms with Crippen LogP contribution in [0.15, 0.2) is 0 Å². The van der Waals surface area contributed by atoms with Crippen molar-refractivity contribution in [1.29, 1.82) is 0 Å². The zero-order chi connectivity index (χ0) is 20.9. The normalized spacial score (nSPS) is 15.2. The van der Waals surface area contributed by atoms with Crippen LogP contribution in [0, 0.1) is 5.92 Å². The van der Waals surface area contributed by atoms with E-state index in [1.165, 1.54) is 6.92 Å². The van der Waals surface area contributed by atoms with Crippen LogP contribution in [0.25, 0.3) is 0 Å². The molecular formula is C16H34N4O6. The molecule has 4 atom stereocenters. The first kappa shape index (κ1) is 26.5. The summed E-state index contributed by atoms with van der Waals surface area (Å²) in [7, 11) is 0. The molecule has 26 heavy (non-hydrogen) atoms. The molecule has 0 bridgehead atoms. The average Bonchev–Trinajstić information content (AvgIpc) is 2.53. The van der Waals surface area contributed by atoms with Gasteiger partial charge in [0.05, 0.1) is 0 Å². The molecule has 0 saturated carbocycles. The molecule has 10 nitrogen and oxygen atoms in total. The molecule has 10 heteroatoms. The Morgan fingerprint density at radius 2 is 1.46 bits per heavy atom. The second kappa shape index (κ2) is 14.4. The summed E-state index contributed by atoms with van der Waals surface area (Å²) >= 11 is 0. The van der Waals surface area contributed by atoms with Gasteiger partial charge in [-0.2, -0.15) is 0 Å². The molecule has 0 saturated heterocycles. The Hall–Kier alpha value is -1.75. The van der Waals surface area contributed by atoms with Gasteiger partial charge in [-0.05, 0) is 38.6 Å². The fourth-order valence-corrected chi connectivity index (χ4v) is 1.78. The van der Waals surface area contributed by atoms with E-state index in [-0.39, 0.29) is 5.92 Å². The molecule has 10 N–H and O–H groups in total. The molecular weight excluding hydrogens is 344 g/mol. The summed E-state index contributed by atoms with van der Waals surface area (Å²) in [6.45, 7) is 5.89. The van der Waals surface area contributed by atoms with Crippen LogP contribution >= 0.6 is 0 Å². The molecule has 0 rings (SSSR count). The van der Waals surface area contributed by atoms with Gasteiger partial charge in [-0.15, -0.1) is 0 Å². The lowest BCUT2D eigenvalue weighted by Gasteiger charge is -2.20. The predicted molar refractivity (Wildman–Crippen MR) is 97.1 cm³/mol. The molecule has 0 aromatic rings. The third kappa shape index (κ3) is 13.5. The molecule has 0 aromatic heterocycles. The number of esters is 1. The minimum atomic E-state index is -1.23. The van der Waals surface area contributed by atoms with Crippen LogP contribution < -0.4 is 22.9 Å². The van der Waals surface area contributed by atoms with Crippen molar-refractivity contribution in [3.63, 3.8) is 0 Å². The maximum atomic E-state index is 11.4. The Morgan fingerprint density at radius 1 is 0.923 bits per heavy atom. The minimum absolute atomic E-state index is 0.269. The number of rotatable bonds is 11. The number of unbranched alkanes of at least 4 members (excludes halogenated alkanes) is 1. The predicted octanol–water partition coefficient (Wildman–Crippen LogP) is -0.769. The van der Waals surface area contributed by atoms with Gasteiger partial charge in [0.1, 0.15) is 24.2 Å². The number of carboxylic acids is 2. The molecule has 0 heterocycles. The van der Waals surface area contributed by atoms with E-state index in [0.717, 1.165) is 12.8 Å². The van der Waals surface area contributed by atoms with Crippen LogP contribution in [0.4, 0.5) is 0 Å². The first-order valence-electron chi connectivity index (χ1n) is 8.56. The molecule has 0 spiro atoms. The van der Waals surface area contributed by atoms with E-state index >= 15 is 0 Å². The largest absolute Gasteiger partial charge is 0.480 e. The van der Waals surface area contributed by atoms with Gasteiger partial charge in [0.2, 0.25) is 0 Å². The first-order chi connectivity index (χ1) is 11.9. The molecule has 0 aromatic carbocycles. The molecule has 0 radical (unpaired) electrons. The lowest BCUT2D eigenvalue weighted by Crippen LogP contribution is -2.45. The van der Waals surface area contributed by atoms with Crippen LogP contribution in [0.1, 0.15) is 46.5 Å². The summed E-state index contributed by atoms with van der Waals surface area (Å²) in [5.41, 5.74) is 21.3. The van der Waals surface area contributed by atoms with Gasteiger partial charge >= 0.3 is 17.9 Å². The summed E-state index contributed by atoms with van der Waals surface area (Å²) in [5, 5.41) is 16.9. The summed E-state index contributed by atoms with van der Waals surface area (Å²) in [4.78, 5) is 32.1. The number of carbonyl (C=O) groups excluding carboxylic acids is 1. The van der Waals surface area contributed by atoms with E-state index in [0.29, 0.717) is 19.4 Å². The number of carboxylic acid groups (broad SMARTS) is 2. The summed E-state index contributed by atoms with van der Waals surface area (Å²) in [5.74, 6) is -2.49. The van der Waals surface area contributed by atoms with Gasteiger partial charge in [0, 0.05) is 0 Å². The Kier molecular flexibility index (Phi) is 14.7. The highest BCUT2D eigenvalue weighted by Crippen LogP contribution is 2.06. The van der Waals surface area contributed by atoms with Crippen LogP contribution in [-0.4, -0.2) is 58.9 Å². The number of carbonyl (C=O) groups is 3. The topological polar surface area (TPSA) is 205 Å². The highest BCUT2D eigenvalue weighted by molar-refractivity contribution is 5.77. The van der Waals surface area contributed by atoms with Crippen molar-refractivity contribution in [3.05, 3.63) is 0 Å². The molecule has 0 amide bonds. The molecule has 0 aliphatic rings. The molecule has 0 aliphatic heterocycles. The van der Waals surface area contributed by atoms with E-state index in [1.807, 2.05) is 13.8 Å². The third-order valence-corrected chi connectivity index (χ3v) is 3.41. The van der Waals surface area contributed by atoms with Gasteiger partial charge < -0.3 is 37.9 Å². The average molecular weight is 378 g/mol. The number of ether oxygens (including phenoxy) is 1. The van der Waals surface area contributed by atoms with Crippen LogP contribution in [0.3, 0.4) is 0 Å². The fourth-order valence-electron chi connectivity index (χ4n) is 1.78. The minimum Gasteiger partial charge on any atom is -0.480 e. The van der Waals surface area contributed by atoms with Gasteiger partial charge in [-0.3, -0.25) is 14.4 Å². The second-order valence-electron chi connectivity index (χ2n) is 6.47. The van der Waals surface area contributed by atoms with Crippen molar-refractivity contribution in [3.8, 4) is 0 Å². The van der Waals surface area contributed by atoms with E-state index in [1.54, 1.807) is 0 Å². The number of aliphatic carboxylic acids is 2. The smallest absolute Gasteiger partial charge is 0.324 e. The molecule has 0 unspecified atom stereocenters. The monoisotopic (exact) mass is 378 g/mol. The molecule has 154 valence electrons. The highest BCUT2D eigenvalue weighted by Gasteiger charge is 2.26. The zero-order valence-corrected chi connectivity index (χ0v) is 15.8. The maximum absolute atomic E-state index is 11.4. The zero-order valence-electron chi connectivity index (χ0n) is 15.8. The second-order valence-corrected chi connectivity index (χ2v) is 6.47. The van der Waals surface area contributed by atoms with Crippen molar-refractivity contribution in [2.45, 2.75) is 70.7 Å². The summed E-state index contributed by atoms with van der Waals surface area (Å²) < 4.78 is 4.87. The lowest BCUT2D eigenvalue weighted by molar-refractivity contribution is -0.155. The Balaban J connectivity index is 0. The lowest BCUT2D eigenvalue weighted by atomic mass is 10.0. The number of hydrogen-bond acceptors (Lipinski definition) is 8. The fraction of sp³-hybridized carbons (Fsp3) is 0.812. The van der Waals surface area contributed by atoms with Crippen molar-refractivity contribution in [2.24, 2.45) is 28.9 Å². The van der Waals surface area contributed by atoms with Crippen molar-refractivity contribution < 1.29 is 29.3 Å². The Morgan fingerprint density at radius 3 is 1.85 bits per heavy atom. The Bertz CT molecular complexity index is 433. The van der Waals surface area contributed by atoms with Crippen LogP contribution in [0.2, 0.25) is 0 Å². The maximum Gasteiger partial charge on any atom is 0.324 e. The quantitative estimate of drug-likeness (QED) is 0.195. The summed E-state index contributed by atoms with van der Waals surface area (Å²) in [6, 6.07) is -2.68. The standard InChI is InChI=1S/C10H20N2O4.C6H14N2O2/c1-5(2)4-7(11)10(15)16-6(3)8(12)9(13)14;7-4-2-1-3-5(8)6(9)10/h5-8H,4,11-12H2,1-3H3,(H,13,14);5H,1-4,7-8H2,(H,9,10)/t6-,7+,8+;5-/m10/s1. The van der Waals surface area contributed by atoms with Crippen molar-refractivity contribution >= 4 is 17.9 Å². The molecule has 0 fully saturated rings. The van der Waals surface area contributed by atoms with Crippen LogP contribution in [-0.2, 0) is 19.1 Å². The number of hydrogen-bond donors (Lipinski definition) is 6. The number of nitrogens with two attached hydrogens (primary N) is 4. The van der Waals surface area contributed by atoms with E-state index in [2.05, 4.69) is 0 Å².